The van der Waals surface area contributed by atoms with Crippen molar-refractivity contribution in [3.63, 3.8) is 0 Å². The molecule has 0 saturated heterocycles. The highest BCUT2D eigenvalue weighted by Crippen LogP contribution is 2.41. The molecule has 0 aliphatic heterocycles. The molecule has 1 heterocycles. The zero-order valence-electron chi connectivity index (χ0n) is 17.0. The number of hydrogen-bond donors (Lipinski definition) is 1. The fraction of sp³-hybridized carbons (Fsp3) is 0.550. The summed E-state index contributed by atoms with van der Waals surface area (Å²) in [5.41, 5.74) is -0.354. The predicted octanol–water partition coefficient (Wildman–Crippen LogP) is 2.43. The second kappa shape index (κ2) is 10.7. The lowest BCUT2D eigenvalue weighted by molar-refractivity contribution is 0.215. The van der Waals surface area contributed by atoms with E-state index in [9.17, 15) is 9.90 Å². The maximum Gasteiger partial charge on any atom is 0.275 e. The lowest BCUT2D eigenvalue weighted by atomic mass is 10.1. The van der Waals surface area contributed by atoms with Crippen LogP contribution in [0.1, 0.15) is 32.6 Å². The third-order valence-electron chi connectivity index (χ3n) is 4.44. The summed E-state index contributed by atoms with van der Waals surface area (Å²) < 4.78 is 17.3. The Morgan fingerprint density at radius 1 is 1.14 bits per heavy atom. The lowest BCUT2D eigenvalue weighted by Crippen LogP contribution is -2.29. The van der Waals surface area contributed by atoms with E-state index in [2.05, 4.69) is 17.0 Å². The third kappa shape index (κ3) is 5.01. The van der Waals surface area contributed by atoms with Gasteiger partial charge in [-0.05, 0) is 12.5 Å². The summed E-state index contributed by atoms with van der Waals surface area (Å²) in [6.45, 7) is 2.85. The van der Waals surface area contributed by atoms with E-state index >= 15 is 0 Å². The molecule has 0 amide bonds. The number of rotatable bonds is 11. The van der Waals surface area contributed by atoms with E-state index in [1.54, 1.807) is 6.07 Å². The van der Waals surface area contributed by atoms with Gasteiger partial charge in [0, 0.05) is 12.8 Å². The van der Waals surface area contributed by atoms with E-state index in [1.165, 1.54) is 51.3 Å². The van der Waals surface area contributed by atoms with Crippen molar-refractivity contribution in [2.75, 3.05) is 27.9 Å². The minimum Gasteiger partial charge on any atom is -0.493 e. The van der Waals surface area contributed by atoms with Crippen molar-refractivity contribution >= 4 is 17.0 Å². The number of fused-ring (bicyclic) bond motifs is 1. The number of unbranched alkanes of at least 4 members (excludes halogenated alkanes) is 3. The van der Waals surface area contributed by atoms with Crippen LogP contribution in [0.2, 0.25) is 0 Å². The molecular weight excluding hydrogens is 362 g/mol. The van der Waals surface area contributed by atoms with Crippen LogP contribution in [0.25, 0.3) is 10.8 Å². The fourth-order valence-corrected chi connectivity index (χ4v) is 2.98. The Bertz CT molecular complexity index is 863. The first kappa shape index (κ1) is 21.7. The van der Waals surface area contributed by atoms with Gasteiger partial charge in [0.05, 0.1) is 44.8 Å². The monoisotopic (exact) mass is 391 g/mol. The molecule has 2 aromatic rings. The molecule has 0 saturated carbocycles. The Morgan fingerprint density at radius 3 is 2.54 bits per heavy atom. The molecule has 1 N–H and O–H groups in total. The van der Waals surface area contributed by atoms with Crippen molar-refractivity contribution in [3.8, 4) is 17.2 Å². The van der Waals surface area contributed by atoms with Crippen LogP contribution in [-0.2, 0) is 6.54 Å². The standard InChI is InChI=1S/C20H29N3O5/c1-5-6-7-8-9-21-11-14(24)13-23-20(25)15-10-17(26-2)19(28-4)18(27-3)16(15)12-22-23/h10-12,14,24H,5-9,13H2,1-4H3. The normalized spacial score (nSPS) is 12.5. The van der Waals surface area contributed by atoms with Crippen molar-refractivity contribution in [3.05, 3.63) is 22.6 Å². The largest absolute Gasteiger partial charge is 0.493 e. The Balaban J connectivity index is 2.24. The zero-order chi connectivity index (χ0) is 20.5. The van der Waals surface area contributed by atoms with Crippen molar-refractivity contribution < 1.29 is 19.3 Å². The second-order valence-corrected chi connectivity index (χ2v) is 6.42. The van der Waals surface area contributed by atoms with Crippen LogP contribution in [0.15, 0.2) is 22.1 Å². The smallest absolute Gasteiger partial charge is 0.275 e. The number of aromatic nitrogens is 2. The first-order chi connectivity index (χ1) is 13.6. The number of nitrogens with zero attached hydrogens (tertiary/aromatic N) is 3. The molecule has 28 heavy (non-hydrogen) atoms. The van der Waals surface area contributed by atoms with E-state index in [-0.39, 0.29) is 12.1 Å². The van der Waals surface area contributed by atoms with Crippen molar-refractivity contribution in [1.82, 2.24) is 9.78 Å². The molecule has 8 heteroatoms. The summed E-state index contributed by atoms with van der Waals surface area (Å²) in [5.74, 6) is 1.16. The van der Waals surface area contributed by atoms with Crippen LogP contribution in [0.5, 0.6) is 17.2 Å². The molecular formula is C20H29N3O5. The van der Waals surface area contributed by atoms with Crippen molar-refractivity contribution in [2.24, 2.45) is 4.99 Å². The van der Waals surface area contributed by atoms with Crippen LogP contribution >= 0.6 is 0 Å². The molecule has 0 fully saturated rings. The SMILES string of the molecule is CCCCCCN=CC(O)Cn1ncc2c(OC)c(OC)c(OC)cc2c1=O. The molecule has 8 nitrogen and oxygen atoms in total. The van der Waals surface area contributed by atoms with E-state index in [1.807, 2.05) is 0 Å². The molecule has 0 radical (unpaired) electrons. The van der Waals surface area contributed by atoms with E-state index < -0.39 is 6.10 Å². The minimum absolute atomic E-state index is 0.0178. The van der Waals surface area contributed by atoms with Gasteiger partial charge in [-0.3, -0.25) is 9.79 Å². The number of aliphatic hydroxyl groups excluding tert-OH is 1. The highest BCUT2D eigenvalue weighted by atomic mass is 16.5. The summed E-state index contributed by atoms with van der Waals surface area (Å²) in [5, 5.41) is 15.2. The Hall–Kier alpha value is -2.61. The van der Waals surface area contributed by atoms with Gasteiger partial charge in [0.15, 0.2) is 11.5 Å². The van der Waals surface area contributed by atoms with E-state index in [0.717, 1.165) is 12.8 Å². The van der Waals surface area contributed by atoms with Crippen molar-refractivity contribution in [2.45, 2.75) is 45.3 Å². The quantitative estimate of drug-likeness (QED) is 0.467. The molecule has 1 atom stereocenters. The number of methoxy groups -OCH3 is 3. The van der Waals surface area contributed by atoms with E-state index in [4.69, 9.17) is 14.2 Å². The summed E-state index contributed by atoms with van der Waals surface area (Å²) in [7, 11) is 4.48. The van der Waals surface area contributed by atoms with Gasteiger partial charge < -0.3 is 19.3 Å². The van der Waals surface area contributed by atoms with Gasteiger partial charge in [-0.15, -0.1) is 0 Å². The number of benzene rings is 1. The zero-order valence-corrected chi connectivity index (χ0v) is 17.0. The van der Waals surface area contributed by atoms with Gasteiger partial charge in [-0.25, -0.2) is 4.68 Å². The molecule has 0 aliphatic carbocycles. The maximum atomic E-state index is 12.8. The Labute approximate surface area is 164 Å². The summed E-state index contributed by atoms with van der Waals surface area (Å²) in [6, 6.07) is 1.59. The van der Waals surface area contributed by atoms with Crippen LogP contribution in [0.3, 0.4) is 0 Å². The van der Waals surface area contributed by atoms with Gasteiger partial charge in [0.2, 0.25) is 5.75 Å². The number of aliphatic imine (C=N–C) groups is 1. The molecule has 2 rings (SSSR count). The number of hydrogen-bond acceptors (Lipinski definition) is 7. The second-order valence-electron chi connectivity index (χ2n) is 6.42. The molecule has 0 spiro atoms. The first-order valence-corrected chi connectivity index (χ1v) is 9.44. The topological polar surface area (TPSA) is 95.2 Å². The minimum atomic E-state index is -0.893. The third-order valence-corrected chi connectivity index (χ3v) is 4.44. The molecule has 1 aromatic carbocycles. The van der Waals surface area contributed by atoms with Crippen LogP contribution in [0.4, 0.5) is 0 Å². The number of ether oxygens (including phenoxy) is 3. The van der Waals surface area contributed by atoms with E-state index in [0.29, 0.717) is 34.6 Å². The lowest BCUT2D eigenvalue weighted by Gasteiger charge is -2.15. The first-order valence-electron chi connectivity index (χ1n) is 9.44. The van der Waals surface area contributed by atoms with Crippen LogP contribution < -0.4 is 19.8 Å². The van der Waals surface area contributed by atoms with Gasteiger partial charge in [-0.2, -0.15) is 5.10 Å². The fourth-order valence-electron chi connectivity index (χ4n) is 2.98. The average molecular weight is 391 g/mol. The summed E-state index contributed by atoms with van der Waals surface area (Å²) >= 11 is 0. The maximum absolute atomic E-state index is 12.8. The predicted molar refractivity (Wildman–Crippen MR) is 109 cm³/mol. The van der Waals surface area contributed by atoms with Crippen LogP contribution in [-0.4, -0.2) is 55.1 Å². The Morgan fingerprint density at radius 2 is 1.89 bits per heavy atom. The molecule has 0 bridgehead atoms. The molecule has 154 valence electrons. The van der Waals surface area contributed by atoms with Gasteiger partial charge in [-0.1, -0.05) is 26.2 Å². The average Bonchev–Trinajstić information content (AvgIpc) is 2.71. The Kier molecular flexibility index (Phi) is 8.25. The molecule has 0 aliphatic rings. The summed E-state index contributed by atoms with van der Waals surface area (Å²) in [6.07, 6.45) is 6.58. The van der Waals surface area contributed by atoms with Gasteiger partial charge in [0.25, 0.3) is 5.56 Å². The highest BCUT2D eigenvalue weighted by Gasteiger charge is 2.19. The van der Waals surface area contributed by atoms with Crippen molar-refractivity contribution in [1.29, 1.82) is 0 Å². The van der Waals surface area contributed by atoms with Gasteiger partial charge >= 0.3 is 0 Å². The van der Waals surface area contributed by atoms with Crippen LogP contribution in [0, 0.1) is 0 Å². The summed E-state index contributed by atoms with van der Waals surface area (Å²) in [4.78, 5) is 17.1. The number of aliphatic hydroxyl groups is 1. The molecule has 1 aromatic heterocycles. The molecule has 1 unspecified atom stereocenters. The van der Waals surface area contributed by atoms with Gasteiger partial charge in [0.1, 0.15) is 6.10 Å². The highest BCUT2D eigenvalue weighted by molar-refractivity contribution is 5.91.